The molecule has 0 spiro atoms. The summed E-state index contributed by atoms with van der Waals surface area (Å²) in [6.07, 6.45) is 0. The second-order valence-electron chi connectivity index (χ2n) is 3.99. The van der Waals surface area contributed by atoms with E-state index in [2.05, 4.69) is 4.98 Å². The molecule has 0 aliphatic heterocycles. The van der Waals surface area contributed by atoms with E-state index in [0.29, 0.717) is 11.1 Å². The maximum Gasteiger partial charge on any atom is 0.417 e. The molecule has 98 valence electrons. The fourth-order valence-electron chi connectivity index (χ4n) is 1.93. The Morgan fingerprint density at radius 1 is 1.42 bits per heavy atom. The molecule has 1 unspecified atom stereocenters. The number of halogens is 1. The molecule has 3 aromatic rings. The number of benzene rings is 1. The monoisotopic (exact) mass is 295 g/mol. The van der Waals surface area contributed by atoms with Crippen molar-refractivity contribution in [2.75, 3.05) is 7.11 Å². The Morgan fingerprint density at radius 3 is 3.05 bits per heavy atom. The number of aromatic nitrogens is 1. The summed E-state index contributed by atoms with van der Waals surface area (Å²) in [6, 6.07) is 7.30. The molecule has 1 atom stereocenters. The zero-order chi connectivity index (χ0) is 13.4. The lowest BCUT2D eigenvalue weighted by atomic mass is 10.1. The molecule has 3 rings (SSSR count). The number of fused-ring (bicyclic) bond motifs is 1. The average Bonchev–Trinajstić information content (AvgIpc) is 3.01. The predicted molar refractivity (Wildman–Crippen MR) is 75.4 cm³/mol. The van der Waals surface area contributed by atoms with Gasteiger partial charge in [-0.2, -0.15) is 0 Å². The van der Waals surface area contributed by atoms with Gasteiger partial charge < -0.3 is 9.15 Å². The number of rotatable bonds is 3. The number of alkyl halides is 1. The predicted octanol–water partition coefficient (Wildman–Crippen LogP) is 3.52. The minimum absolute atomic E-state index is 0.334. The molecule has 0 amide bonds. The van der Waals surface area contributed by atoms with Gasteiger partial charge in [-0.1, -0.05) is 6.07 Å². The molecule has 1 aromatic carbocycles. The van der Waals surface area contributed by atoms with Crippen molar-refractivity contribution < 1.29 is 9.15 Å². The smallest absolute Gasteiger partial charge is 0.417 e. The van der Waals surface area contributed by atoms with Gasteiger partial charge in [0.1, 0.15) is 5.75 Å². The Balaban J connectivity index is 2.05. The molecule has 2 aromatic heterocycles. The number of aromatic amines is 1. The van der Waals surface area contributed by atoms with E-state index in [1.165, 1.54) is 11.3 Å². The van der Waals surface area contributed by atoms with E-state index in [4.69, 9.17) is 20.8 Å². The molecule has 0 radical (unpaired) electrons. The van der Waals surface area contributed by atoms with Gasteiger partial charge in [-0.25, -0.2) is 4.79 Å². The quantitative estimate of drug-likeness (QED) is 0.752. The van der Waals surface area contributed by atoms with Crippen molar-refractivity contribution in [2.24, 2.45) is 0 Å². The van der Waals surface area contributed by atoms with Crippen LogP contribution in [0.1, 0.15) is 15.8 Å². The zero-order valence-corrected chi connectivity index (χ0v) is 11.5. The van der Waals surface area contributed by atoms with Crippen molar-refractivity contribution in [2.45, 2.75) is 5.38 Å². The third kappa shape index (κ3) is 2.15. The zero-order valence-electron chi connectivity index (χ0n) is 9.98. The molecular weight excluding hydrogens is 286 g/mol. The molecule has 2 heterocycles. The van der Waals surface area contributed by atoms with Gasteiger partial charge in [0, 0.05) is 0 Å². The van der Waals surface area contributed by atoms with Crippen LogP contribution >= 0.6 is 22.9 Å². The minimum Gasteiger partial charge on any atom is -0.496 e. The van der Waals surface area contributed by atoms with Crippen LogP contribution in [0.4, 0.5) is 0 Å². The number of hydrogen-bond donors (Lipinski definition) is 1. The van der Waals surface area contributed by atoms with Crippen molar-refractivity contribution in [1.82, 2.24) is 4.98 Å². The van der Waals surface area contributed by atoms with Crippen molar-refractivity contribution in [3.63, 3.8) is 0 Å². The maximum absolute atomic E-state index is 11.1. The van der Waals surface area contributed by atoms with Crippen LogP contribution in [-0.4, -0.2) is 12.1 Å². The van der Waals surface area contributed by atoms with Crippen LogP contribution < -0.4 is 10.5 Å². The molecule has 0 aliphatic rings. The number of ether oxygens (including phenoxy) is 1. The number of nitrogens with one attached hydrogen (secondary N) is 1. The first-order valence-corrected chi connectivity index (χ1v) is 6.89. The summed E-state index contributed by atoms with van der Waals surface area (Å²) in [6.45, 7) is 0. The Bertz CT molecular complexity index is 773. The summed E-state index contributed by atoms with van der Waals surface area (Å²) in [5.74, 6) is 0.299. The summed E-state index contributed by atoms with van der Waals surface area (Å²) in [7, 11) is 1.61. The lowest BCUT2D eigenvalue weighted by Crippen LogP contribution is -1.93. The largest absolute Gasteiger partial charge is 0.496 e. The highest BCUT2D eigenvalue weighted by Gasteiger charge is 2.18. The number of hydrogen-bond acceptors (Lipinski definition) is 4. The first kappa shape index (κ1) is 12.3. The van der Waals surface area contributed by atoms with Gasteiger partial charge in [-0.15, -0.1) is 22.9 Å². The average molecular weight is 296 g/mol. The van der Waals surface area contributed by atoms with Crippen molar-refractivity contribution in [1.29, 1.82) is 0 Å². The first-order chi connectivity index (χ1) is 9.19. The van der Waals surface area contributed by atoms with Gasteiger partial charge in [0.2, 0.25) is 0 Å². The Morgan fingerprint density at radius 2 is 2.26 bits per heavy atom. The van der Waals surface area contributed by atoms with Gasteiger partial charge in [-0.05, 0) is 29.1 Å². The summed E-state index contributed by atoms with van der Waals surface area (Å²) in [5, 5.41) is 1.60. The molecule has 19 heavy (non-hydrogen) atoms. The molecule has 6 heteroatoms. The Hall–Kier alpha value is -1.72. The van der Waals surface area contributed by atoms with Crippen LogP contribution in [0.25, 0.3) is 11.1 Å². The SMILES string of the molecule is COc1ccsc1C(Cl)c1ccc2[nH]c(=O)oc2c1. The third-order valence-electron chi connectivity index (χ3n) is 2.85. The van der Waals surface area contributed by atoms with Crippen LogP contribution in [0.15, 0.2) is 38.9 Å². The van der Waals surface area contributed by atoms with E-state index in [9.17, 15) is 4.79 Å². The topological polar surface area (TPSA) is 55.2 Å². The van der Waals surface area contributed by atoms with E-state index >= 15 is 0 Å². The van der Waals surface area contributed by atoms with Gasteiger partial charge in [0.15, 0.2) is 5.58 Å². The molecule has 0 saturated heterocycles. The minimum atomic E-state index is -0.466. The van der Waals surface area contributed by atoms with E-state index in [1.807, 2.05) is 17.5 Å². The van der Waals surface area contributed by atoms with E-state index in [-0.39, 0.29) is 5.38 Å². The van der Waals surface area contributed by atoms with Gasteiger partial charge in [0.05, 0.1) is 22.9 Å². The number of methoxy groups -OCH3 is 1. The fraction of sp³-hybridized carbons (Fsp3) is 0.154. The molecule has 1 N–H and O–H groups in total. The lowest BCUT2D eigenvalue weighted by molar-refractivity contribution is 0.413. The van der Waals surface area contributed by atoms with Crippen molar-refractivity contribution in [3.05, 3.63) is 50.6 Å². The Kier molecular flexibility index (Phi) is 3.08. The molecule has 0 fully saturated rings. The highest BCUT2D eigenvalue weighted by molar-refractivity contribution is 7.10. The second-order valence-corrected chi connectivity index (χ2v) is 5.37. The van der Waals surface area contributed by atoms with Gasteiger partial charge >= 0.3 is 5.76 Å². The molecule has 4 nitrogen and oxygen atoms in total. The highest BCUT2D eigenvalue weighted by Crippen LogP contribution is 2.39. The maximum atomic E-state index is 11.1. The fourth-order valence-corrected chi connectivity index (χ4v) is 3.19. The van der Waals surface area contributed by atoms with Crippen LogP contribution in [0.2, 0.25) is 0 Å². The van der Waals surface area contributed by atoms with Gasteiger partial charge in [-0.3, -0.25) is 4.98 Å². The molecule has 0 bridgehead atoms. The second kappa shape index (κ2) is 4.75. The summed E-state index contributed by atoms with van der Waals surface area (Å²) < 4.78 is 10.3. The lowest BCUT2D eigenvalue weighted by Gasteiger charge is -2.09. The highest BCUT2D eigenvalue weighted by atomic mass is 35.5. The number of H-pyrrole nitrogens is 1. The van der Waals surface area contributed by atoms with E-state index in [0.717, 1.165) is 16.2 Å². The summed E-state index contributed by atoms with van der Waals surface area (Å²) in [5.41, 5.74) is 2.03. The molecule has 0 saturated carbocycles. The number of oxazole rings is 1. The number of thiophene rings is 1. The van der Waals surface area contributed by atoms with E-state index in [1.54, 1.807) is 19.2 Å². The molecular formula is C13H10ClNO3S. The van der Waals surface area contributed by atoms with E-state index < -0.39 is 5.76 Å². The third-order valence-corrected chi connectivity index (χ3v) is 4.41. The normalized spacial score (nSPS) is 12.7. The van der Waals surface area contributed by atoms with Crippen molar-refractivity contribution in [3.8, 4) is 5.75 Å². The van der Waals surface area contributed by atoms with Crippen LogP contribution in [0.5, 0.6) is 5.75 Å². The molecule has 0 aliphatic carbocycles. The van der Waals surface area contributed by atoms with Crippen LogP contribution in [0, 0.1) is 0 Å². The summed E-state index contributed by atoms with van der Waals surface area (Å²) in [4.78, 5) is 14.7. The van der Waals surface area contributed by atoms with Crippen LogP contribution in [-0.2, 0) is 0 Å². The Labute approximate surface area is 117 Å². The van der Waals surface area contributed by atoms with Crippen molar-refractivity contribution >= 4 is 34.0 Å². The van der Waals surface area contributed by atoms with Gasteiger partial charge in [0.25, 0.3) is 0 Å². The van der Waals surface area contributed by atoms with Crippen LogP contribution in [0.3, 0.4) is 0 Å². The summed E-state index contributed by atoms with van der Waals surface area (Å²) >= 11 is 8.00. The first-order valence-electron chi connectivity index (χ1n) is 5.57. The standard InChI is InChI=1S/C13H10ClNO3S/c1-17-9-4-5-19-12(9)11(14)7-2-3-8-10(6-7)18-13(16)15-8/h2-6,11H,1H3,(H,15,16).